The van der Waals surface area contributed by atoms with Crippen LogP contribution in [0.5, 0.6) is 0 Å². The average Bonchev–Trinajstić information content (AvgIpc) is 2.12. The van der Waals surface area contributed by atoms with Crippen LogP contribution in [0.2, 0.25) is 0 Å². The van der Waals surface area contributed by atoms with Gasteiger partial charge in [-0.3, -0.25) is 4.79 Å². The molecule has 0 aliphatic heterocycles. The van der Waals surface area contributed by atoms with Gasteiger partial charge in [-0.05, 0) is 27.2 Å². The number of carbonyl (C=O) groups is 1. The van der Waals surface area contributed by atoms with E-state index in [-0.39, 0.29) is 36.0 Å². The Balaban J connectivity index is 0. The molecule has 0 aliphatic carbocycles. The minimum absolute atomic E-state index is 0. The number of hydrogen-bond donors (Lipinski definition) is 2. The molecule has 0 rings (SSSR count). The van der Waals surface area contributed by atoms with Gasteiger partial charge in [0.15, 0.2) is 0 Å². The minimum Gasteiger partial charge on any atom is -0.351 e. The van der Waals surface area contributed by atoms with Gasteiger partial charge < -0.3 is 11.1 Å². The smallest absolute Gasteiger partial charge is 0.224 e. The van der Waals surface area contributed by atoms with Crippen LogP contribution in [0.15, 0.2) is 0 Å². The van der Waals surface area contributed by atoms with Crippen molar-refractivity contribution in [2.45, 2.75) is 45.7 Å². The molecule has 5 nitrogen and oxygen atoms in total. The fraction of sp³-hybridized carbons (Fsp3) is 0.909. The van der Waals surface area contributed by atoms with Gasteiger partial charge >= 0.3 is 0 Å². The standard InChI is InChI=1S/C11H24N2O3S.ClH/c1-8(9(2)12)10(14)13-11(3,4)6-7-17(5,15)16;/h8-9H,6-7,12H2,1-5H3,(H,13,14);1H. The summed E-state index contributed by atoms with van der Waals surface area (Å²) in [7, 11) is -3.01. The second kappa shape index (κ2) is 7.31. The first-order valence-corrected chi connectivity index (χ1v) is 7.76. The van der Waals surface area contributed by atoms with Crippen LogP contribution in [-0.4, -0.2) is 37.9 Å². The van der Waals surface area contributed by atoms with E-state index in [0.717, 1.165) is 0 Å². The van der Waals surface area contributed by atoms with Crippen LogP contribution in [0.1, 0.15) is 34.1 Å². The van der Waals surface area contributed by atoms with Gasteiger partial charge in [0.1, 0.15) is 9.84 Å². The third-order valence-electron chi connectivity index (χ3n) is 2.76. The van der Waals surface area contributed by atoms with Gasteiger partial charge in [-0.1, -0.05) is 6.92 Å². The number of halogens is 1. The molecule has 7 heteroatoms. The summed E-state index contributed by atoms with van der Waals surface area (Å²) in [5.41, 5.74) is 5.10. The second-order valence-electron chi connectivity index (χ2n) is 5.40. The lowest BCUT2D eigenvalue weighted by Gasteiger charge is -2.28. The predicted molar refractivity (Wildman–Crippen MR) is 76.6 cm³/mol. The van der Waals surface area contributed by atoms with Crippen molar-refractivity contribution in [1.29, 1.82) is 0 Å². The Hall–Kier alpha value is -0.330. The first kappa shape index (κ1) is 20.0. The zero-order chi connectivity index (χ0) is 13.9. The Morgan fingerprint density at radius 3 is 2.11 bits per heavy atom. The van der Waals surface area contributed by atoms with Gasteiger partial charge in [0.2, 0.25) is 5.91 Å². The fourth-order valence-corrected chi connectivity index (χ4v) is 2.07. The van der Waals surface area contributed by atoms with E-state index in [9.17, 15) is 13.2 Å². The van der Waals surface area contributed by atoms with Crippen LogP contribution in [0.3, 0.4) is 0 Å². The lowest BCUT2D eigenvalue weighted by atomic mass is 9.98. The highest BCUT2D eigenvalue weighted by Crippen LogP contribution is 2.12. The van der Waals surface area contributed by atoms with Gasteiger partial charge in [0.05, 0.1) is 5.75 Å². The van der Waals surface area contributed by atoms with Gasteiger partial charge in [0.25, 0.3) is 0 Å². The predicted octanol–water partition coefficient (Wildman–Crippen LogP) is 0.721. The number of nitrogens with two attached hydrogens (primary N) is 1. The van der Waals surface area contributed by atoms with E-state index in [1.54, 1.807) is 13.8 Å². The highest BCUT2D eigenvalue weighted by atomic mass is 35.5. The van der Waals surface area contributed by atoms with E-state index >= 15 is 0 Å². The molecule has 0 fully saturated rings. The van der Waals surface area contributed by atoms with Crippen LogP contribution >= 0.6 is 12.4 Å². The third kappa shape index (κ3) is 8.72. The fourth-order valence-electron chi connectivity index (χ4n) is 1.19. The molecule has 0 aromatic rings. The van der Waals surface area contributed by atoms with Gasteiger partial charge in [-0.15, -0.1) is 12.4 Å². The third-order valence-corrected chi connectivity index (χ3v) is 3.71. The molecule has 0 heterocycles. The van der Waals surface area contributed by atoms with Gasteiger partial charge in [-0.25, -0.2) is 8.42 Å². The Morgan fingerprint density at radius 1 is 1.33 bits per heavy atom. The first-order chi connectivity index (χ1) is 7.44. The molecule has 110 valence electrons. The lowest BCUT2D eigenvalue weighted by Crippen LogP contribution is -2.49. The highest BCUT2D eigenvalue weighted by Gasteiger charge is 2.26. The van der Waals surface area contributed by atoms with Crippen LogP contribution in [-0.2, 0) is 14.6 Å². The molecule has 0 aromatic carbocycles. The Bertz CT molecular complexity index is 366. The number of sulfone groups is 1. The summed E-state index contributed by atoms with van der Waals surface area (Å²) in [6.07, 6.45) is 1.58. The summed E-state index contributed by atoms with van der Waals surface area (Å²) in [4.78, 5) is 11.8. The topological polar surface area (TPSA) is 89.3 Å². The van der Waals surface area contributed by atoms with Crippen molar-refractivity contribution in [3.8, 4) is 0 Å². The normalized spacial score (nSPS) is 15.4. The van der Waals surface area contributed by atoms with Crippen molar-refractivity contribution in [3.63, 3.8) is 0 Å². The number of nitrogens with one attached hydrogen (secondary N) is 1. The Morgan fingerprint density at radius 2 is 1.78 bits per heavy atom. The summed E-state index contributed by atoms with van der Waals surface area (Å²) >= 11 is 0. The second-order valence-corrected chi connectivity index (χ2v) is 7.66. The minimum atomic E-state index is -3.01. The number of rotatable bonds is 6. The van der Waals surface area contributed by atoms with Crippen LogP contribution in [0.25, 0.3) is 0 Å². The molecular weight excluding hydrogens is 276 g/mol. The maximum atomic E-state index is 11.8. The van der Waals surface area contributed by atoms with E-state index in [0.29, 0.717) is 6.42 Å². The van der Waals surface area contributed by atoms with E-state index < -0.39 is 15.4 Å². The van der Waals surface area contributed by atoms with E-state index in [1.807, 2.05) is 13.8 Å². The maximum Gasteiger partial charge on any atom is 0.224 e. The van der Waals surface area contributed by atoms with Crippen molar-refractivity contribution < 1.29 is 13.2 Å². The number of amides is 1. The molecule has 0 spiro atoms. The molecular formula is C11H25ClN2O3S. The highest BCUT2D eigenvalue weighted by molar-refractivity contribution is 7.90. The van der Waals surface area contributed by atoms with Crippen molar-refractivity contribution in [2.75, 3.05) is 12.0 Å². The molecule has 0 aromatic heterocycles. The summed E-state index contributed by atoms with van der Waals surface area (Å²) in [6.45, 7) is 7.15. The van der Waals surface area contributed by atoms with E-state index in [1.165, 1.54) is 6.26 Å². The van der Waals surface area contributed by atoms with Crippen molar-refractivity contribution in [1.82, 2.24) is 5.32 Å². The first-order valence-electron chi connectivity index (χ1n) is 5.70. The maximum absolute atomic E-state index is 11.8. The molecule has 1 amide bonds. The molecule has 0 saturated heterocycles. The SMILES string of the molecule is CC(N)C(C)C(=O)NC(C)(C)CCS(C)(=O)=O.Cl. The molecule has 0 saturated carbocycles. The van der Waals surface area contributed by atoms with Crippen molar-refractivity contribution in [2.24, 2.45) is 11.7 Å². The summed E-state index contributed by atoms with van der Waals surface area (Å²) in [5.74, 6) is -0.363. The summed E-state index contributed by atoms with van der Waals surface area (Å²) in [5, 5.41) is 2.83. The van der Waals surface area contributed by atoms with Gasteiger partial charge in [0, 0.05) is 23.8 Å². The summed E-state index contributed by atoms with van der Waals surface area (Å²) in [6, 6.07) is -0.222. The number of carbonyl (C=O) groups excluding carboxylic acids is 1. The molecule has 0 aliphatic rings. The Labute approximate surface area is 116 Å². The molecule has 3 N–H and O–H groups in total. The number of hydrogen-bond acceptors (Lipinski definition) is 4. The zero-order valence-corrected chi connectivity index (χ0v) is 13.3. The quantitative estimate of drug-likeness (QED) is 0.756. The zero-order valence-electron chi connectivity index (χ0n) is 11.7. The van der Waals surface area contributed by atoms with Crippen molar-refractivity contribution >= 4 is 28.2 Å². The molecule has 2 unspecified atom stereocenters. The molecule has 0 bridgehead atoms. The lowest BCUT2D eigenvalue weighted by molar-refractivity contribution is -0.126. The summed E-state index contributed by atoms with van der Waals surface area (Å²) < 4.78 is 22.1. The van der Waals surface area contributed by atoms with E-state index in [2.05, 4.69) is 5.32 Å². The monoisotopic (exact) mass is 300 g/mol. The van der Waals surface area contributed by atoms with Crippen LogP contribution in [0, 0.1) is 5.92 Å². The molecule has 18 heavy (non-hydrogen) atoms. The molecule has 0 radical (unpaired) electrons. The van der Waals surface area contributed by atoms with Crippen LogP contribution in [0.4, 0.5) is 0 Å². The van der Waals surface area contributed by atoms with Crippen molar-refractivity contribution in [3.05, 3.63) is 0 Å². The Kier molecular flexibility index (Phi) is 8.12. The van der Waals surface area contributed by atoms with Crippen LogP contribution < -0.4 is 11.1 Å². The largest absolute Gasteiger partial charge is 0.351 e. The average molecular weight is 301 g/mol. The van der Waals surface area contributed by atoms with E-state index in [4.69, 9.17) is 5.73 Å². The molecule has 2 atom stereocenters. The van der Waals surface area contributed by atoms with Gasteiger partial charge in [-0.2, -0.15) is 0 Å².